The monoisotopic (exact) mass is 510 g/mol. The molecule has 0 unspecified atom stereocenters. The molecule has 0 spiro atoms. The topological polar surface area (TPSA) is 0 Å². The Bertz CT molecular complexity index is 730. The minimum absolute atomic E-state index is 0. The molecule has 0 saturated carbocycles. The Morgan fingerprint density at radius 1 is 0.303 bits per heavy atom. The van der Waals surface area contributed by atoms with Gasteiger partial charge in [0, 0.05) is 0 Å². The van der Waals surface area contributed by atoms with Crippen LogP contribution in [0, 0.1) is 27.7 Å². The molecule has 0 nitrogen and oxygen atoms in total. The van der Waals surface area contributed by atoms with Crippen molar-refractivity contribution in [2.75, 3.05) is 0 Å². The number of rotatable bonds is 4. The van der Waals surface area contributed by atoms with Crippen molar-refractivity contribution in [1.29, 1.82) is 0 Å². The molecule has 0 atom stereocenters. The van der Waals surface area contributed by atoms with E-state index < -0.39 is 0 Å². The first-order valence-corrected chi connectivity index (χ1v) is 11.1. The van der Waals surface area contributed by atoms with Crippen LogP contribution in [0.25, 0.3) is 0 Å². The van der Waals surface area contributed by atoms with Crippen molar-refractivity contribution < 1.29 is 26.2 Å². The molecular formula is C32H36Zr. The molecule has 4 rings (SSSR count). The molecule has 0 bridgehead atoms. The van der Waals surface area contributed by atoms with Crippen molar-refractivity contribution in [2.24, 2.45) is 0 Å². The van der Waals surface area contributed by atoms with E-state index >= 15 is 0 Å². The van der Waals surface area contributed by atoms with Gasteiger partial charge in [0.05, 0.1) is 0 Å². The minimum Gasteiger partial charge on any atom is -0.339 e. The molecule has 4 aromatic carbocycles. The largest absolute Gasteiger partial charge is 4.00 e. The van der Waals surface area contributed by atoms with Crippen molar-refractivity contribution in [3.63, 3.8) is 0 Å². The molecule has 0 aliphatic rings. The van der Waals surface area contributed by atoms with E-state index in [-0.39, 0.29) is 26.2 Å². The van der Waals surface area contributed by atoms with Gasteiger partial charge in [0.1, 0.15) is 0 Å². The molecule has 0 N–H and O–H groups in total. The summed E-state index contributed by atoms with van der Waals surface area (Å²) in [6.07, 6.45) is 3.56. The molecule has 4 aromatic rings. The summed E-state index contributed by atoms with van der Waals surface area (Å²) in [7, 11) is 0. The molecular weight excluding hydrogens is 476 g/mol. The predicted octanol–water partition coefficient (Wildman–Crippen LogP) is 8.25. The average Bonchev–Trinajstić information content (AvgIpc) is 2.91. The van der Waals surface area contributed by atoms with E-state index in [4.69, 9.17) is 0 Å². The molecule has 0 aromatic heterocycles. The van der Waals surface area contributed by atoms with Crippen molar-refractivity contribution in [3.05, 3.63) is 171 Å². The second-order valence-electron chi connectivity index (χ2n) is 6.94. The first-order chi connectivity index (χ1) is 15.7. The van der Waals surface area contributed by atoms with Gasteiger partial charge in [-0.15, -0.1) is 0 Å². The Morgan fingerprint density at radius 2 is 0.455 bits per heavy atom. The summed E-state index contributed by atoms with van der Waals surface area (Å²) < 4.78 is 0. The van der Waals surface area contributed by atoms with Crippen LogP contribution in [0.1, 0.15) is 22.3 Å². The third-order valence-electron chi connectivity index (χ3n) is 4.53. The SMILES string of the molecule is [CH2-]Cc1ccccc1.[CH2-]Cc1ccccc1.[CH2-]Cc1ccccc1.[CH2-]Cc1ccccc1.[Zr+4]. The maximum atomic E-state index is 3.76. The summed E-state index contributed by atoms with van der Waals surface area (Å²) in [6.45, 7) is 15.0. The first kappa shape index (κ1) is 30.8. The molecule has 0 aliphatic carbocycles. The van der Waals surface area contributed by atoms with E-state index in [9.17, 15) is 0 Å². The summed E-state index contributed by atoms with van der Waals surface area (Å²) in [5, 5.41) is 0. The summed E-state index contributed by atoms with van der Waals surface area (Å²) >= 11 is 0. The third kappa shape index (κ3) is 16.1. The van der Waals surface area contributed by atoms with E-state index in [0.29, 0.717) is 0 Å². The number of hydrogen-bond acceptors (Lipinski definition) is 0. The van der Waals surface area contributed by atoms with Gasteiger partial charge in [0.2, 0.25) is 0 Å². The zero-order valence-electron chi connectivity index (χ0n) is 19.7. The van der Waals surface area contributed by atoms with Crippen LogP contribution in [-0.2, 0) is 51.9 Å². The molecule has 1 heteroatoms. The van der Waals surface area contributed by atoms with Gasteiger partial charge >= 0.3 is 26.2 Å². The summed E-state index contributed by atoms with van der Waals surface area (Å²) in [6, 6.07) is 40.9. The standard InChI is InChI=1S/4C8H9.Zr/c4*1-2-8-6-4-3-5-7-8;/h4*3-7H,1-2H2;/q4*-1;+4. The van der Waals surface area contributed by atoms with Crippen LogP contribution < -0.4 is 0 Å². The van der Waals surface area contributed by atoms with Crippen LogP contribution in [0.2, 0.25) is 0 Å². The van der Waals surface area contributed by atoms with Crippen molar-refractivity contribution >= 4 is 0 Å². The van der Waals surface area contributed by atoms with E-state index in [2.05, 4.69) is 76.2 Å². The van der Waals surface area contributed by atoms with E-state index in [1.165, 1.54) is 22.3 Å². The molecule has 33 heavy (non-hydrogen) atoms. The Kier molecular flexibility index (Phi) is 20.1. The minimum atomic E-state index is 0. The molecule has 0 heterocycles. The van der Waals surface area contributed by atoms with E-state index in [0.717, 1.165) is 25.7 Å². The Labute approximate surface area is 222 Å². The van der Waals surface area contributed by atoms with E-state index in [1.54, 1.807) is 0 Å². The molecule has 168 valence electrons. The fourth-order valence-electron chi connectivity index (χ4n) is 2.58. The van der Waals surface area contributed by atoms with Gasteiger partial charge in [-0.1, -0.05) is 144 Å². The molecule has 0 aliphatic heterocycles. The maximum Gasteiger partial charge on any atom is 4.00 e. The third-order valence-corrected chi connectivity index (χ3v) is 4.53. The van der Waals surface area contributed by atoms with E-state index in [1.807, 2.05) is 72.8 Å². The Morgan fingerprint density at radius 3 is 0.545 bits per heavy atom. The van der Waals surface area contributed by atoms with Crippen molar-refractivity contribution in [3.8, 4) is 0 Å². The number of benzene rings is 4. The van der Waals surface area contributed by atoms with Gasteiger partial charge in [-0.2, -0.15) is 25.7 Å². The average molecular weight is 512 g/mol. The van der Waals surface area contributed by atoms with Gasteiger partial charge < -0.3 is 27.7 Å². The van der Waals surface area contributed by atoms with Gasteiger partial charge in [-0.05, 0) is 0 Å². The van der Waals surface area contributed by atoms with Crippen molar-refractivity contribution in [2.45, 2.75) is 25.7 Å². The van der Waals surface area contributed by atoms with Gasteiger partial charge in [0.15, 0.2) is 0 Å². The predicted molar refractivity (Wildman–Crippen MR) is 142 cm³/mol. The van der Waals surface area contributed by atoms with Crippen LogP contribution in [0.5, 0.6) is 0 Å². The fraction of sp³-hybridized carbons (Fsp3) is 0.125. The molecule has 0 saturated heterocycles. The van der Waals surface area contributed by atoms with Crippen LogP contribution in [0.15, 0.2) is 121 Å². The van der Waals surface area contributed by atoms with Crippen LogP contribution >= 0.6 is 0 Å². The summed E-state index contributed by atoms with van der Waals surface area (Å²) in [5.41, 5.74) is 5.19. The normalized spacial score (nSPS) is 8.85. The second-order valence-corrected chi connectivity index (χ2v) is 6.94. The summed E-state index contributed by atoms with van der Waals surface area (Å²) in [4.78, 5) is 0. The smallest absolute Gasteiger partial charge is 0.339 e. The maximum absolute atomic E-state index is 3.76. The van der Waals surface area contributed by atoms with Crippen LogP contribution in [0.4, 0.5) is 0 Å². The quantitative estimate of drug-likeness (QED) is 0.242. The van der Waals surface area contributed by atoms with Gasteiger partial charge in [0.25, 0.3) is 0 Å². The zero-order valence-corrected chi connectivity index (χ0v) is 22.2. The summed E-state index contributed by atoms with van der Waals surface area (Å²) in [5.74, 6) is 0. The van der Waals surface area contributed by atoms with Crippen LogP contribution in [0.3, 0.4) is 0 Å². The molecule has 0 fully saturated rings. The first-order valence-electron chi connectivity index (χ1n) is 11.1. The fourth-order valence-corrected chi connectivity index (χ4v) is 2.58. The molecule has 0 amide bonds. The van der Waals surface area contributed by atoms with Crippen LogP contribution in [-0.4, -0.2) is 0 Å². The van der Waals surface area contributed by atoms with Gasteiger partial charge in [-0.3, -0.25) is 0 Å². The molecule has 0 radical (unpaired) electrons. The van der Waals surface area contributed by atoms with Gasteiger partial charge in [-0.25, -0.2) is 0 Å². The van der Waals surface area contributed by atoms with Crippen molar-refractivity contribution in [1.82, 2.24) is 0 Å². The second kappa shape index (κ2) is 21.6. The Balaban J connectivity index is 0.000000410. The zero-order chi connectivity index (χ0) is 23.3. The number of hydrogen-bond donors (Lipinski definition) is 0. The Hall–Kier alpha value is -2.24.